The topological polar surface area (TPSA) is 67.2 Å². The lowest BCUT2D eigenvalue weighted by atomic mass is 9.96. The Morgan fingerprint density at radius 3 is 3.18 bits per heavy atom. The van der Waals surface area contributed by atoms with Gasteiger partial charge < -0.3 is 15.0 Å². The van der Waals surface area contributed by atoms with Gasteiger partial charge in [-0.1, -0.05) is 6.42 Å². The summed E-state index contributed by atoms with van der Waals surface area (Å²) in [4.78, 5) is 15.3. The van der Waals surface area contributed by atoms with Crippen molar-refractivity contribution in [2.24, 2.45) is 11.8 Å². The standard InChI is InChI=1S/C12H19N3O2/c1-2-15-7-6-13-12(15)14-8-9-4-3-5-10(9)11(16)17/h6-7,9-10H,2-5,8H2,1H3,(H,13,14)(H,16,17). The number of aliphatic carboxylic acids is 1. The van der Waals surface area contributed by atoms with Crippen LogP contribution in [0.1, 0.15) is 26.2 Å². The van der Waals surface area contributed by atoms with Gasteiger partial charge in [0.25, 0.3) is 0 Å². The zero-order valence-electron chi connectivity index (χ0n) is 10.1. The van der Waals surface area contributed by atoms with Crippen LogP contribution in [0.5, 0.6) is 0 Å². The van der Waals surface area contributed by atoms with Crippen LogP contribution in [0.25, 0.3) is 0 Å². The van der Waals surface area contributed by atoms with Crippen LogP contribution < -0.4 is 5.32 Å². The van der Waals surface area contributed by atoms with E-state index in [0.717, 1.165) is 31.8 Å². The number of nitrogens with zero attached hydrogens (tertiary/aromatic N) is 2. The second-order valence-corrected chi connectivity index (χ2v) is 4.55. The maximum Gasteiger partial charge on any atom is 0.306 e. The van der Waals surface area contributed by atoms with Crippen molar-refractivity contribution in [3.63, 3.8) is 0 Å². The molecule has 1 fully saturated rings. The summed E-state index contributed by atoms with van der Waals surface area (Å²) in [7, 11) is 0. The van der Waals surface area contributed by atoms with Gasteiger partial charge in [0.2, 0.25) is 5.95 Å². The quantitative estimate of drug-likeness (QED) is 0.819. The molecule has 0 spiro atoms. The van der Waals surface area contributed by atoms with Crippen LogP contribution >= 0.6 is 0 Å². The molecule has 0 amide bonds. The van der Waals surface area contributed by atoms with Crippen LogP contribution in [-0.2, 0) is 11.3 Å². The van der Waals surface area contributed by atoms with Gasteiger partial charge in [0.15, 0.2) is 0 Å². The third-order valence-electron chi connectivity index (χ3n) is 3.55. The minimum atomic E-state index is -0.659. The van der Waals surface area contributed by atoms with Gasteiger partial charge >= 0.3 is 5.97 Å². The molecule has 94 valence electrons. The highest BCUT2D eigenvalue weighted by Gasteiger charge is 2.32. The van der Waals surface area contributed by atoms with Gasteiger partial charge in [0, 0.05) is 25.5 Å². The third kappa shape index (κ3) is 2.60. The zero-order chi connectivity index (χ0) is 12.3. The Morgan fingerprint density at radius 1 is 1.65 bits per heavy atom. The Balaban J connectivity index is 1.91. The Labute approximate surface area is 101 Å². The van der Waals surface area contributed by atoms with E-state index in [-0.39, 0.29) is 11.8 Å². The van der Waals surface area contributed by atoms with Crippen molar-refractivity contribution in [3.8, 4) is 0 Å². The fraction of sp³-hybridized carbons (Fsp3) is 0.667. The number of rotatable bonds is 5. The lowest BCUT2D eigenvalue weighted by Crippen LogP contribution is -2.25. The molecule has 2 rings (SSSR count). The summed E-state index contributed by atoms with van der Waals surface area (Å²) in [5.74, 6) is 0.221. The monoisotopic (exact) mass is 237 g/mol. The van der Waals surface area contributed by atoms with Gasteiger partial charge in [-0.05, 0) is 25.7 Å². The third-order valence-corrected chi connectivity index (χ3v) is 3.55. The van der Waals surface area contributed by atoms with Crippen LogP contribution in [-0.4, -0.2) is 27.2 Å². The molecule has 17 heavy (non-hydrogen) atoms. The maximum atomic E-state index is 11.0. The average molecular weight is 237 g/mol. The Morgan fingerprint density at radius 2 is 2.47 bits per heavy atom. The predicted molar refractivity (Wildman–Crippen MR) is 64.9 cm³/mol. The van der Waals surface area contributed by atoms with Crippen molar-refractivity contribution in [2.45, 2.75) is 32.7 Å². The lowest BCUT2D eigenvalue weighted by molar-refractivity contribution is -0.142. The largest absolute Gasteiger partial charge is 0.481 e. The smallest absolute Gasteiger partial charge is 0.306 e. The molecule has 2 N–H and O–H groups in total. The summed E-state index contributed by atoms with van der Waals surface area (Å²) < 4.78 is 2.02. The van der Waals surface area contributed by atoms with Gasteiger partial charge in [0.05, 0.1) is 5.92 Å². The van der Waals surface area contributed by atoms with Gasteiger partial charge in [-0.2, -0.15) is 0 Å². The minimum Gasteiger partial charge on any atom is -0.481 e. The fourth-order valence-electron chi connectivity index (χ4n) is 2.56. The van der Waals surface area contributed by atoms with E-state index >= 15 is 0 Å². The summed E-state index contributed by atoms with van der Waals surface area (Å²) >= 11 is 0. The van der Waals surface area contributed by atoms with Crippen molar-refractivity contribution >= 4 is 11.9 Å². The number of aryl methyl sites for hydroxylation is 1. The molecule has 1 aromatic heterocycles. The van der Waals surface area contributed by atoms with E-state index in [4.69, 9.17) is 5.11 Å². The first kappa shape index (κ1) is 12.0. The first-order chi connectivity index (χ1) is 8.22. The average Bonchev–Trinajstić information content (AvgIpc) is 2.94. The molecule has 0 bridgehead atoms. The second kappa shape index (κ2) is 5.21. The van der Waals surface area contributed by atoms with Crippen LogP contribution in [0, 0.1) is 11.8 Å². The maximum absolute atomic E-state index is 11.0. The molecule has 0 saturated heterocycles. The number of carboxylic acids is 1. The molecule has 1 saturated carbocycles. The zero-order valence-corrected chi connectivity index (χ0v) is 10.1. The van der Waals surface area contributed by atoms with E-state index in [9.17, 15) is 4.79 Å². The van der Waals surface area contributed by atoms with E-state index < -0.39 is 5.97 Å². The molecule has 1 aliphatic rings. The highest BCUT2D eigenvalue weighted by molar-refractivity contribution is 5.70. The highest BCUT2D eigenvalue weighted by atomic mass is 16.4. The van der Waals surface area contributed by atoms with Crippen molar-refractivity contribution < 1.29 is 9.90 Å². The first-order valence-corrected chi connectivity index (χ1v) is 6.20. The molecule has 1 aromatic rings. The normalized spacial score (nSPS) is 23.8. The number of anilines is 1. The Bertz CT molecular complexity index is 389. The summed E-state index contributed by atoms with van der Waals surface area (Å²) in [6, 6.07) is 0. The molecule has 2 atom stereocenters. The number of carbonyl (C=O) groups is 1. The summed E-state index contributed by atoms with van der Waals surface area (Å²) in [5, 5.41) is 12.4. The van der Waals surface area contributed by atoms with Crippen molar-refractivity contribution in [2.75, 3.05) is 11.9 Å². The van der Waals surface area contributed by atoms with E-state index in [1.807, 2.05) is 10.8 Å². The molecular formula is C12H19N3O2. The fourth-order valence-corrected chi connectivity index (χ4v) is 2.56. The lowest BCUT2D eigenvalue weighted by Gasteiger charge is -2.17. The van der Waals surface area contributed by atoms with E-state index in [0.29, 0.717) is 6.54 Å². The number of imidazole rings is 1. The van der Waals surface area contributed by atoms with Gasteiger partial charge in [-0.3, -0.25) is 4.79 Å². The van der Waals surface area contributed by atoms with Crippen LogP contribution in [0.15, 0.2) is 12.4 Å². The summed E-state index contributed by atoms with van der Waals surface area (Å²) in [5.41, 5.74) is 0. The number of carboxylic acid groups (broad SMARTS) is 1. The number of nitrogens with one attached hydrogen (secondary N) is 1. The SMILES string of the molecule is CCn1ccnc1NCC1CCCC1C(=O)O. The number of hydrogen-bond acceptors (Lipinski definition) is 3. The molecule has 0 aliphatic heterocycles. The van der Waals surface area contributed by atoms with Crippen LogP contribution in [0.2, 0.25) is 0 Å². The molecule has 0 aromatic carbocycles. The first-order valence-electron chi connectivity index (χ1n) is 6.20. The molecule has 1 aliphatic carbocycles. The summed E-state index contributed by atoms with van der Waals surface area (Å²) in [6.07, 6.45) is 6.51. The van der Waals surface area contributed by atoms with Gasteiger partial charge in [0.1, 0.15) is 0 Å². The van der Waals surface area contributed by atoms with Gasteiger partial charge in [-0.15, -0.1) is 0 Å². The van der Waals surface area contributed by atoms with Crippen LogP contribution in [0.3, 0.4) is 0 Å². The van der Waals surface area contributed by atoms with E-state index in [2.05, 4.69) is 17.2 Å². The molecule has 5 nitrogen and oxygen atoms in total. The molecule has 5 heteroatoms. The molecule has 2 unspecified atom stereocenters. The van der Waals surface area contributed by atoms with Crippen molar-refractivity contribution in [3.05, 3.63) is 12.4 Å². The molecule has 1 heterocycles. The van der Waals surface area contributed by atoms with Crippen LogP contribution in [0.4, 0.5) is 5.95 Å². The Kier molecular flexibility index (Phi) is 3.66. The molecular weight excluding hydrogens is 218 g/mol. The Hall–Kier alpha value is -1.52. The number of aromatic nitrogens is 2. The van der Waals surface area contributed by atoms with Gasteiger partial charge in [-0.25, -0.2) is 4.98 Å². The van der Waals surface area contributed by atoms with E-state index in [1.54, 1.807) is 6.20 Å². The molecule has 0 radical (unpaired) electrons. The summed E-state index contributed by atoms with van der Waals surface area (Å²) in [6.45, 7) is 3.63. The van der Waals surface area contributed by atoms with Crippen molar-refractivity contribution in [1.29, 1.82) is 0 Å². The minimum absolute atomic E-state index is 0.187. The predicted octanol–water partition coefficient (Wildman–Crippen LogP) is 1.82. The second-order valence-electron chi connectivity index (χ2n) is 4.55. The van der Waals surface area contributed by atoms with Crippen molar-refractivity contribution in [1.82, 2.24) is 9.55 Å². The van der Waals surface area contributed by atoms with E-state index in [1.165, 1.54) is 0 Å². The highest BCUT2D eigenvalue weighted by Crippen LogP contribution is 2.31. The number of hydrogen-bond donors (Lipinski definition) is 2.